The lowest BCUT2D eigenvalue weighted by atomic mass is 9.80. The Kier molecular flexibility index (Phi) is 3.87. The maximum absolute atomic E-state index is 5.83. The zero-order valence-electron chi connectivity index (χ0n) is 14.6. The molecule has 0 bridgehead atoms. The molecule has 3 aromatic rings. The molecule has 0 saturated heterocycles. The number of hydrogen-bond donors (Lipinski definition) is 2. The van der Waals surface area contributed by atoms with Gasteiger partial charge >= 0.3 is 0 Å². The molecular formula is C19H21N5O. The van der Waals surface area contributed by atoms with Crippen molar-refractivity contribution in [2.24, 2.45) is 0 Å². The standard InChI is InChI=1S/C19H21N5O/c1-4-7-15-17(19-24-22-12(3)25-19)16(13-9-6-5-8-11(13)2)14-10-20-23-18(14)21-15/h5-6,8-10,16H,4,7H2,1-3H3,(H2,20,21,23). The molecule has 2 aromatic heterocycles. The lowest BCUT2D eigenvalue weighted by molar-refractivity contribution is 0.502. The van der Waals surface area contributed by atoms with Gasteiger partial charge in [-0.3, -0.25) is 5.10 Å². The number of nitrogens with zero attached hydrogens (tertiary/aromatic N) is 3. The Hall–Kier alpha value is -2.89. The predicted molar refractivity (Wildman–Crippen MR) is 96.1 cm³/mol. The van der Waals surface area contributed by atoms with Crippen molar-refractivity contribution in [3.8, 4) is 0 Å². The first kappa shape index (κ1) is 15.6. The van der Waals surface area contributed by atoms with E-state index in [9.17, 15) is 0 Å². The number of anilines is 1. The molecule has 2 N–H and O–H groups in total. The molecule has 1 unspecified atom stereocenters. The quantitative estimate of drug-likeness (QED) is 0.748. The molecule has 25 heavy (non-hydrogen) atoms. The van der Waals surface area contributed by atoms with Gasteiger partial charge in [-0.1, -0.05) is 37.6 Å². The summed E-state index contributed by atoms with van der Waals surface area (Å²) in [5.74, 6) is 2.03. The van der Waals surface area contributed by atoms with Crippen LogP contribution in [0.4, 0.5) is 5.82 Å². The smallest absolute Gasteiger partial charge is 0.246 e. The minimum Gasteiger partial charge on any atom is -0.421 e. The first-order valence-electron chi connectivity index (χ1n) is 8.58. The number of nitrogens with one attached hydrogen (secondary N) is 2. The van der Waals surface area contributed by atoms with Crippen LogP contribution in [0, 0.1) is 13.8 Å². The van der Waals surface area contributed by atoms with E-state index in [1.165, 1.54) is 11.1 Å². The number of benzene rings is 1. The Balaban J connectivity index is 1.97. The van der Waals surface area contributed by atoms with E-state index in [2.05, 4.69) is 63.8 Å². The molecule has 3 heterocycles. The number of aryl methyl sites for hydroxylation is 2. The zero-order valence-corrected chi connectivity index (χ0v) is 14.6. The molecule has 0 amide bonds. The fourth-order valence-electron chi connectivity index (χ4n) is 3.50. The molecule has 0 radical (unpaired) electrons. The average Bonchev–Trinajstić information content (AvgIpc) is 3.23. The van der Waals surface area contributed by atoms with Gasteiger partial charge in [-0.2, -0.15) is 5.10 Å². The highest BCUT2D eigenvalue weighted by atomic mass is 16.4. The van der Waals surface area contributed by atoms with Crippen LogP contribution in [0.15, 0.2) is 40.6 Å². The highest BCUT2D eigenvalue weighted by Crippen LogP contribution is 2.46. The van der Waals surface area contributed by atoms with E-state index in [1.807, 2.05) is 13.1 Å². The van der Waals surface area contributed by atoms with Gasteiger partial charge in [-0.05, 0) is 24.5 Å². The third kappa shape index (κ3) is 2.63. The monoisotopic (exact) mass is 335 g/mol. The lowest BCUT2D eigenvalue weighted by Gasteiger charge is -2.28. The van der Waals surface area contributed by atoms with Crippen molar-refractivity contribution in [1.82, 2.24) is 20.4 Å². The molecule has 6 heteroatoms. The van der Waals surface area contributed by atoms with Gasteiger partial charge in [0.15, 0.2) is 5.82 Å². The van der Waals surface area contributed by atoms with Gasteiger partial charge in [0.25, 0.3) is 0 Å². The summed E-state index contributed by atoms with van der Waals surface area (Å²) in [5, 5.41) is 19.2. The average molecular weight is 335 g/mol. The zero-order chi connectivity index (χ0) is 17.4. The SMILES string of the molecule is CCCC1=C(c2nnc(C)o2)C(c2ccccc2C)c2c[nH]nc2N1. The normalized spacial score (nSPS) is 16.7. The van der Waals surface area contributed by atoms with E-state index < -0.39 is 0 Å². The van der Waals surface area contributed by atoms with Gasteiger partial charge in [0, 0.05) is 35.9 Å². The maximum atomic E-state index is 5.83. The number of rotatable bonds is 4. The number of fused-ring (bicyclic) bond motifs is 1. The second kappa shape index (κ2) is 6.20. The molecular weight excluding hydrogens is 314 g/mol. The molecule has 128 valence electrons. The summed E-state index contributed by atoms with van der Waals surface area (Å²) in [6.45, 7) is 6.11. The fourth-order valence-corrected chi connectivity index (χ4v) is 3.50. The van der Waals surface area contributed by atoms with Crippen LogP contribution in [-0.2, 0) is 0 Å². The number of aromatic amines is 1. The van der Waals surface area contributed by atoms with Crippen molar-refractivity contribution in [2.75, 3.05) is 5.32 Å². The Morgan fingerprint density at radius 1 is 1.12 bits per heavy atom. The van der Waals surface area contributed by atoms with Crippen molar-refractivity contribution in [2.45, 2.75) is 39.5 Å². The third-order valence-corrected chi connectivity index (χ3v) is 4.62. The van der Waals surface area contributed by atoms with E-state index in [1.54, 1.807) is 0 Å². The summed E-state index contributed by atoms with van der Waals surface area (Å²) >= 11 is 0. The first-order chi connectivity index (χ1) is 12.2. The van der Waals surface area contributed by atoms with E-state index in [0.717, 1.165) is 35.5 Å². The number of hydrogen-bond acceptors (Lipinski definition) is 5. The second-order valence-electron chi connectivity index (χ2n) is 6.37. The molecule has 6 nitrogen and oxygen atoms in total. The molecule has 0 saturated carbocycles. The fraction of sp³-hybridized carbons (Fsp3) is 0.316. The molecule has 0 spiro atoms. The van der Waals surface area contributed by atoms with Crippen LogP contribution in [-0.4, -0.2) is 20.4 Å². The summed E-state index contributed by atoms with van der Waals surface area (Å²) in [6, 6.07) is 8.42. The van der Waals surface area contributed by atoms with Gasteiger partial charge in [0.2, 0.25) is 11.8 Å². The molecule has 4 rings (SSSR count). The third-order valence-electron chi connectivity index (χ3n) is 4.62. The minimum atomic E-state index is 0.0117. The van der Waals surface area contributed by atoms with Crippen LogP contribution in [0.2, 0.25) is 0 Å². The van der Waals surface area contributed by atoms with E-state index in [0.29, 0.717) is 11.8 Å². The van der Waals surface area contributed by atoms with Crippen molar-refractivity contribution < 1.29 is 4.42 Å². The van der Waals surface area contributed by atoms with Crippen molar-refractivity contribution >= 4 is 11.4 Å². The Morgan fingerprint density at radius 2 is 1.96 bits per heavy atom. The maximum Gasteiger partial charge on any atom is 0.246 e. The van der Waals surface area contributed by atoms with E-state index in [4.69, 9.17) is 4.42 Å². The summed E-state index contributed by atoms with van der Waals surface area (Å²) < 4.78 is 5.83. The van der Waals surface area contributed by atoms with E-state index >= 15 is 0 Å². The van der Waals surface area contributed by atoms with Crippen molar-refractivity contribution in [3.63, 3.8) is 0 Å². The highest BCUT2D eigenvalue weighted by molar-refractivity contribution is 5.81. The Bertz CT molecular complexity index is 937. The number of H-pyrrole nitrogens is 1. The van der Waals surface area contributed by atoms with Crippen LogP contribution >= 0.6 is 0 Å². The summed E-state index contributed by atoms with van der Waals surface area (Å²) in [7, 11) is 0. The van der Waals surface area contributed by atoms with Crippen LogP contribution in [0.1, 0.15) is 54.2 Å². The molecule has 1 aliphatic rings. The number of allylic oxidation sites excluding steroid dienone is 2. The first-order valence-corrected chi connectivity index (χ1v) is 8.58. The topological polar surface area (TPSA) is 79.6 Å². The highest BCUT2D eigenvalue weighted by Gasteiger charge is 2.34. The molecule has 0 fully saturated rings. The van der Waals surface area contributed by atoms with Crippen LogP contribution < -0.4 is 5.32 Å². The molecule has 0 aliphatic carbocycles. The predicted octanol–water partition coefficient (Wildman–Crippen LogP) is 4.18. The van der Waals surface area contributed by atoms with Gasteiger partial charge in [0.05, 0.1) is 0 Å². The Labute approximate surface area is 146 Å². The summed E-state index contributed by atoms with van der Waals surface area (Å²) in [4.78, 5) is 0. The molecule has 1 aliphatic heterocycles. The second-order valence-corrected chi connectivity index (χ2v) is 6.37. The lowest BCUT2D eigenvalue weighted by Crippen LogP contribution is -2.18. The van der Waals surface area contributed by atoms with E-state index in [-0.39, 0.29) is 5.92 Å². The van der Waals surface area contributed by atoms with Gasteiger partial charge in [0.1, 0.15) is 0 Å². The number of aromatic nitrogens is 4. The molecule has 1 atom stereocenters. The van der Waals surface area contributed by atoms with Crippen LogP contribution in [0.25, 0.3) is 5.57 Å². The van der Waals surface area contributed by atoms with Gasteiger partial charge in [-0.25, -0.2) is 0 Å². The van der Waals surface area contributed by atoms with Gasteiger partial charge < -0.3 is 9.73 Å². The summed E-state index contributed by atoms with van der Waals surface area (Å²) in [5.41, 5.74) is 5.70. The Morgan fingerprint density at radius 3 is 2.68 bits per heavy atom. The van der Waals surface area contributed by atoms with Crippen LogP contribution in [0.3, 0.4) is 0 Å². The van der Waals surface area contributed by atoms with Gasteiger partial charge in [-0.15, -0.1) is 10.2 Å². The van der Waals surface area contributed by atoms with Crippen molar-refractivity contribution in [3.05, 3.63) is 64.6 Å². The van der Waals surface area contributed by atoms with Crippen molar-refractivity contribution in [1.29, 1.82) is 0 Å². The molecule has 1 aromatic carbocycles. The minimum absolute atomic E-state index is 0.0117. The summed E-state index contributed by atoms with van der Waals surface area (Å²) in [6.07, 6.45) is 3.86. The largest absolute Gasteiger partial charge is 0.421 e. The van der Waals surface area contributed by atoms with Crippen LogP contribution in [0.5, 0.6) is 0 Å².